The van der Waals surface area contributed by atoms with Crippen LogP contribution in [-0.2, 0) is 35.0 Å². The van der Waals surface area contributed by atoms with E-state index in [9.17, 15) is 14.7 Å². The van der Waals surface area contributed by atoms with Crippen LogP contribution in [-0.4, -0.2) is 54.4 Å². The first-order valence-corrected chi connectivity index (χ1v) is 11.8. The lowest BCUT2D eigenvalue weighted by Crippen LogP contribution is -2.53. The molecule has 178 valence electrons. The van der Waals surface area contributed by atoms with Gasteiger partial charge in [-0.25, -0.2) is 0 Å². The molecule has 7 nitrogen and oxygen atoms in total. The Labute approximate surface area is 190 Å². The van der Waals surface area contributed by atoms with E-state index in [1.165, 1.54) is 5.56 Å². The van der Waals surface area contributed by atoms with Crippen LogP contribution in [0, 0.1) is 5.92 Å². The summed E-state index contributed by atoms with van der Waals surface area (Å²) in [4.78, 5) is 24.5. The lowest BCUT2D eigenvalue weighted by molar-refractivity contribution is -0.317. The van der Waals surface area contributed by atoms with Gasteiger partial charge in [0.1, 0.15) is 12.2 Å². The molecule has 1 aromatic rings. The van der Waals surface area contributed by atoms with Crippen LogP contribution in [0.2, 0.25) is 0 Å². The maximum Gasteiger partial charge on any atom is 0.309 e. The molecule has 2 aliphatic rings. The van der Waals surface area contributed by atoms with E-state index in [-0.39, 0.29) is 37.6 Å². The first kappa shape index (κ1) is 24.7. The molecule has 2 aliphatic heterocycles. The molecule has 2 fully saturated rings. The number of aliphatic hydroxyl groups excluding tert-OH is 1. The predicted molar refractivity (Wildman–Crippen MR) is 118 cm³/mol. The van der Waals surface area contributed by atoms with Crippen LogP contribution in [0.5, 0.6) is 0 Å². The van der Waals surface area contributed by atoms with Gasteiger partial charge in [0.2, 0.25) is 0 Å². The molecule has 32 heavy (non-hydrogen) atoms. The number of esters is 2. The van der Waals surface area contributed by atoms with Crippen LogP contribution in [0.3, 0.4) is 0 Å². The third-order valence-corrected chi connectivity index (χ3v) is 6.21. The fourth-order valence-corrected chi connectivity index (χ4v) is 4.43. The number of aryl methyl sites for hydroxylation is 1. The molecule has 0 radical (unpaired) electrons. The summed E-state index contributed by atoms with van der Waals surface area (Å²) in [5.74, 6) is -1.89. The Bertz CT molecular complexity index is 735. The zero-order valence-electron chi connectivity index (χ0n) is 19.2. The topological polar surface area (TPSA) is 91.3 Å². The van der Waals surface area contributed by atoms with Crippen LogP contribution >= 0.6 is 0 Å². The van der Waals surface area contributed by atoms with Crippen molar-refractivity contribution in [2.45, 2.75) is 89.3 Å². The molecule has 3 rings (SSSR count). The van der Waals surface area contributed by atoms with Gasteiger partial charge in [-0.3, -0.25) is 9.59 Å². The number of ether oxygens (including phenoxy) is 4. The Morgan fingerprint density at radius 2 is 1.84 bits per heavy atom. The minimum Gasteiger partial charge on any atom is -0.462 e. The lowest BCUT2D eigenvalue weighted by atomic mass is 9.88. The molecular weight excluding hydrogens is 412 g/mol. The summed E-state index contributed by atoms with van der Waals surface area (Å²) in [6, 6.07) is 10.4. The van der Waals surface area contributed by atoms with Gasteiger partial charge < -0.3 is 24.1 Å². The van der Waals surface area contributed by atoms with Gasteiger partial charge in [0.15, 0.2) is 5.79 Å². The van der Waals surface area contributed by atoms with Crippen LogP contribution in [0.1, 0.15) is 64.4 Å². The number of aliphatic hydroxyl groups is 1. The van der Waals surface area contributed by atoms with Crippen molar-refractivity contribution < 1.29 is 33.6 Å². The zero-order chi connectivity index (χ0) is 23.0. The fourth-order valence-electron chi connectivity index (χ4n) is 4.43. The number of fused-ring (bicyclic) bond motifs is 2. The number of hydrogen-bond acceptors (Lipinski definition) is 7. The van der Waals surface area contributed by atoms with Crippen molar-refractivity contribution in [3.05, 3.63) is 35.9 Å². The molecule has 7 heteroatoms. The third kappa shape index (κ3) is 7.02. The minimum atomic E-state index is -0.914. The fraction of sp³-hybridized carbons (Fsp3) is 0.680. The smallest absolute Gasteiger partial charge is 0.309 e. The van der Waals surface area contributed by atoms with Gasteiger partial charge >= 0.3 is 11.9 Å². The molecule has 0 amide bonds. The van der Waals surface area contributed by atoms with E-state index in [1.54, 1.807) is 0 Å². The molecule has 4 atom stereocenters. The molecule has 2 bridgehead atoms. The number of cyclic esters (lactones) is 1. The SMILES string of the molecule is CC(C)[C@@]12C[C@@H](C[C@@H](CCCCc3ccccc3)O1)OC(=O)C[C@H](CO)OC(=O)CCO2. The summed E-state index contributed by atoms with van der Waals surface area (Å²) >= 11 is 0. The highest BCUT2D eigenvalue weighted by molar-refractivity contribution is 5.72. The Morgan fingerprint density at radius 3 is 2.56 bits per heavy atom. The van der Waals surface area contributed by atoms with Crippen molar-refractivity contribution >= 4 is 11.9 Å². The summed E-state index contributed by atoms with van der Waals surface area (Å²) in [5.41, 5.74) is 1.32. The largest absolute Gasteiger partial charge is 0.462 e. The van der Waals surface area contributed by atoms with E-state index in [4.69, 9.17) is 18.9 Å². The van der Waals surface area contributed by atoms with E-state index < -0.39 is 30.4 Å². The Kier molecular flexibility index (Phi) is 9.08. The highest BCUT2D eigenvalue weighted by Gasteiger charge is 2.46. The van der Waals surface area contributed by atoms with Gasteiger partial charge in [-0.2, -0.15) is 0 Å². The van der Waals surface area contributed by atoms with Crippen LogP contribution < -0.4 is 0 Å². The summed E-state index contributed by atoms with van der Waals surface area (Å²) in [6.45, 7) is 3.76. The second-order valence-corrected chi connectivity index (χ2v) is 9.09. The second-order valence-electron chi connectivity index (χ2n) is 9.09. The highest BCUT2D eigenvalue weighted by atomic mass is 16.7. The molecule has 0 aliphatic carbocycles. The van der Waals surface area contributed by atoms with Crippen molar-refractivity contribution in [2.75, 3.05) is 13.2 Å². The molecule has 0 saturated carbocycles. The van der Waals surface area contributed by atoms with Crippen molar-refractivity contribution in [3.63, 3.8) is 0 Å². The van der Waals surface area contributed by atoms with Gasteiger partial charge in [0.25, 0.3) is 0 Å². The summed E-state index contributed by atoms with van der Waals surface area (Å²) < 4.78 is 23.5. The first-order valence-electron chi connectivity index (χ1n) is 11.8. The number of unbranched alkanes of at least 4 members (excludes halogenated alkanes) is 1. The van der Waals surface area contributed by atoms with Gasteiger partial charge in [-0.05, 0) is 24.8 Å². The van der Waals surface area contributed by atoms with Gasteiger partial charge in [-0.1, -0.05) is 50.6 Å². The minimum absolute atomic E-state index is 0.0139. The number of benzene rings is 1. The summed E-state index contributed by atoms with van der Waals surface area (Å²) in [6.07, 6.45) is 3.50. The molecule has 2 heterocycles. The molecule has 0 unspecified atom stereocenters. The van der Waals surface area contributed by atoms with Crippen molar-refractivity contribution in [2.24, 2.45) is 5.92 Å². The molecular formula is C25H36O7. The average molecular weight is 449 g/mol. The maximum absolute atomic E-state index is 12.5. The van der Waals surface area contributed by atoms with E-state index in [2.05, 4.69) is 24.3 Å². The zero-order valence-corrected chi connectivity index (χ0v) is 19.2. The molecule has 0 aromatic heterocycles. The van der Waals surface area contributed by atoms with Gasteiger partial charge in [0, 0.05) is 18.8 Å². The lowest BCUT2D eigenvalue weighted by Gasteiger charge is -2.46. The molecule has 0 spiro atoms. The van der Waals surface area contributed by atoms with Crippen molar-refractivity contribution in [3.8, 4) is 0 Å². The summed E-state index contributed by atoms with van der Waals surface area (Å²) in [7, 11) is 0. The first-order chi connectivity index (χ1) is 15.4. The van der Waals surface area contributed by atoms with E-state index >= 15 is 0 Å². The van der Waals surface area contributed by atoms with Gasteiger partial charge in [0.05, 0.1) is 32.2 Å². The monoisotopic (exact) mass is 448 g/mol. The Hall–Kier alpha value is -1.96. The van der Waals surface area contributed by atoms with E-state index in [1.807, 2.05) is 19.9 Å². The maximum atomic E-state index is 12.5. The molecule has 2 saturated heterocycles. The van der Waals surface area contributed by atoms with Crippen molar-refractivity contribution in [1.82, 2.24) is 0 Å². The molecule has 1 aromatic carbocycles. The average Bonchev–Trinajstić information content (AvgIpc) is 2.76. The van der Waals surface area contributed by atoms with Crippen molar-refractivity contribution in [1.29, 1.82) is 0 Å². The van der Waals surface area contributed by atoms with Gasteiger partial charge in [-0.15, -0.1) is 0 Å². The van der Waals surface area contributed by atoms with Crippen LogP contribution in [0.25, 0.3) is 0 Å². The predicted octanol–water partition coefficient (Wildman–Crippen LogP) is 3.56. The van der Waals surface area contributed by atoms with E-state index in [0.29, 0.717) is 12.8 Å². The number of carbonyl (C=O) groups excluding carboxylic acids is 2. The Morgan fingerprint density at radius 1 is 1.06 bits per heavy atom. The number of hydrogen-bond donors (Lipinski definition) is 1. The standard InChI is InChI=1S/C25H36O7/c1-18(2)25-16-21(30-24(28)15-22(17-26)31-23(27)12-13-29-25)14-20(32-25)11-7-6-10-19-8-4-3-5-9-19/h3-5,8-9,18,20-22,26H,6-7,10-17H2,1-2H3/t20-,21-,22-,25-/m1/s1. The molecule has 1 N–H and O–H groups in total. The third-order valence-electron chi connectivity index (χ3n) is 6.21. The van der Waals surface area contributed by atoms with Crippen LogP contribution in [0.15, 0.2) is 30.3 Å². The quantitative estimate of drug-likeness (QED) is 0.504. The van der Waals surface area contributed by atoms with Crippen LogP contribution in [0.4, 0.5) is 0 Å². The highest BCUT2D eigenvalue weighted by Crippen LogP contribution is 2.39. The number of carbonyl (C=O) groups is 2. The van der Waals surface area contributed by atoms with E-state index in [0.717, 1.165) is 25.7 Å². The second kappa shape index (κ2) is 11.8. The Balaban J connectivity index is 1.66. The number of rotatable bonds is 7. The summed E-state index contributed by atoms with van der Waals surface area (Å²) in [5, 5.41) is 9.43. The normalized spacial score (nSPS) is 29.6.